The fraction of sp³-hybridized carbons (Fsp3) is 0.250. The van der Waals surface area contributed by atoms with Crippen LogP contribution in [0.15, 0.2) is 59.3 Å². The summed E-state index contributed by atoms with van der Waals surface area (Å²) < 4.78 is 115. The standard InChI is InChI=1S/2C12H11F3NS2.H2O4S/c2*1-16(2)11-17-7-10(18-11)8-3-5-9(6-4-8)12(13,14)15;1-5(2,3)4/h2*3-7H,1-2H3;(H2,1,2,3,4)/q2*+1;/p-2. The molecule has 0 saturated heterocycles. The van der Waals surface area contributed by atoms with Gasteiger partial charge in [-0.2, -0.15) is 26.3 Å². The topological polar surface area (TPSA) is 86.3 Å². The van der Waals surface area contributed by atoms with Crippen molar-refractivity contribution in [1.82, 2.24) is 9.15 Å². The van der Waals surface area contributed by atoms with Gasteiger partial charge in [0.05, 0.1) is 20.9 Å². The van der Waals surface area contributed by atoms with Crippen molar-refractivity contribution in [3.05, 3.63) is 78.4 Å². The monoisotopic (exact) mass is 676 g/mol. The molecule has 41 heavy (non-hydrogen) atoms. The molecule has 2 aromatic carbocycles. The van der Waals surface area contributed by atoms with Crippen LogP contribution in [0.4, 0.5) is 26.3 Å². The van der Waals surface area contributed by atoms with Crippen LogP contribution in [-0.2, 0) is 22.8 Å². The maximum Gasteiger partial charge on any atom is 0.416 e. The SMILES string of the molecule is C[N+](C)=c1scc(-c2ccc(C(F)(F)F)cc2)s1.C[N+](C)=c1scc(-c2ccc(C(F)(F)F)cc2)s1.O=S(=O)([O-])[O-]. The third kappa shape index (κ3) is 11.8. The molecule has 2 aromatic heterocycles. The Morgan fingerprint density at radius 3 is 1.07 bits per heavy atom. The molecule has 0 unspecified atom stereocenters. The minimum Gasteiger partial charge on any atom is -0.759 e. The van der Waals surface area contributed by atoms with Gasteiger partial charge in [-0.05, 0) is 35.4 Å². The predicted octanol–water partition coefficient (Wildman–Crippen LogP) is 5.72. The smallest absolute Gasteiger partial charge is 0.416 e. The van der Waals surface area contributed by atoms with Gasteiger partial charge < -0.3 is 9.11 Å². The zero-order valence-electron chi connectivity index (χ0n) is 21.6. The Balaban J connectivity index is 0.000000247. The van der Waals surface area contributed by atoms with Gasteiger partial charge in [0.15, 0.2) is 0 Å². The van der Waals surface area contributed by atoms with Crippen LogP contribution in [0.3, 0.4) is 0 Å². The van der Waals surface area contributed by atoms with E-state index < -0.39 is 33.9 Å². The molecule has 0 radical (unpaired) electrons. The van der Waals surface area contributed by atoms with E-state index in [0.29, 0.717) is 0 Å². The Kier molecular flexibility index (Phi) is 12.0. The normalized spacial score (nSPS) is 11.6. The molecule has 0 amide bonds. The van der Waals surface area contributed by atoms with E-state index in [4.69, 9.17) is 17.5 Å². The molecule has 0 N–H and O–H groups in total. The number of halogens is 6. The Morgan fingerprint density at radius 1 is 0.610 bits per heavy atom. The summed E-state index contributed by atoms with van der Waals surface area (Å²) in [5.41, 5.74) is 0.410. The van der Waals surface area contributed by atoms with Crippen LogP contribution < -0.4 is 17.1 Å². The summed E-state index contributed by atoms with van der Waals surface area (Å²) in [4.78, 5) is 1.97. The first-order valence-corrected chi connectivity index (χ1v) is 15.7. The zero-order valence-corrected chi connectivity index (χ0v) is 25.7. The van der Waals surface area contributed by atoms with E-state index in [-0.39, 0.29) is 0 Å². The molecule has 0 bridgehead atoms. The Bertz CT molecular complexity index is 1550. The third-order valence-electron chi connectivity index (χ3n) is 4.65. The molecule has 0 aliphatic carbocycles. The molecule has 0 aliphatic rings. The number of rotatable bonds is 2. The summed E-state index contributed by atoms with van der Waals surface area (Å²) in [5, 5.41) is 3.92. The quantitative estimate of drug-likeness (QED) is 0.118. The first kappa shape index (κ1) is 34.8. The van der Waals surface area contributed by atoms with E-state index in [2.05, 4.69) is 0 Å². The van der Waals surface area contributed by atoms with Crippen molar-refractivity contribution in [2.45, 2.75) is 12.4 Å². The van der Waals surface area contributed by atoms with Crippen molar-refractivity contribution in [3.63, 3.8) is 0 Å². The van der Waals surface area contributed by atoms with Gasteiger partial charge in [-0.15, -0.1) is 0 Å². The van der Waals surface area contributed by atoms with Crippen LogP contribution >= 0.6 is 45.3 Å². The van der Waals surface area contributed by atoms with Crippen molar-refractivity contribution in [3.8, 4) is 20.9 Å². The average Bonchev–Trinajstić information content (AvgIpc) is 3.53. The lowest BCUT2D eigenvalue weighted by Gasteiger charge is -2.06. The summed E-state index contributed by atoms with van der Waals surface area (Å²) in [6.07, 6.45) is -8.54. The van der Waals surface area contributed by atoms with E-state index in [1.807, 2.05) is 48.1 Å². The second kappa shape index (κ2) is 14.2. The highest BCUT2D eigenvalue weighted by atomic mass is 32.3. The molecule has 224 valence electrons. The maximum atomic E-state index is 12.4. The summed E-state index contributed by atoms with van der Waals surface area (Å²) in [5.74, 6) is 0. The lowest BCUT2D eigenvalue weighted by Crippen LogP contribution is -2.14. The van der Waals surface area contributed by atoms with E-state index in [1.165, 1.54) is 24.3 Å². The fourth-order valence-electron chi connectivity index (χ4n) is 2.79. The van der Waals surface area contributed by atoms with Crippen molar-refractivity contribution in [1.29, 1.82) is 0 Å². The van der Waals surface area contributed by atoms with Gasteiger partial charge in [-0.1, -0.05) is 69.6 Å². The van der Waals surface area contributed by atoms with Crippen LogP contribution in [0, 0.1) is 0 Å². The highest BCUT2D eigenvalue weighted by molar-refractivity contribution is 7.79. The van der Waals surface area contributed by atoms with Crippen molar-refractivity contribution in [2.75, 3.05) is 28.2 Å². The molecule has 4 aromatic rings. The van der Waals surface area contributed by atoms with Crippen LogP contribution in [0.5, 0.6) is 0 Å². The molecule has 0 spiro atoms. The summed E-state index contributed by atoms with van der Waals surface area (Å²) in [7, 11) is 2.61. The lowest BCUT2D eigenvalue weighted by molar-refractivity contribution is -0.138. The zero-order chi connectivity index (χ0) is 31.2. The molecular formula is C24H22F6N2O4S5. The Hall–Kier alpha value is -2.41. The minimum absolute atomic E-state index is 0.612. The number of hydrogen-bond donors (Lipinski definition) is 0. The largest absolute Gasteiger partial charge is 0.759 e. The van der Waals surface area contributed by atoms with Crippen molar-refractivity contribution >= 4 is 55.7 Å². The van der Waals surface area contributed by atoms with E-state index >= 15 is 0 Å². The van der Waals surface area contributed by atoms with Crippen molar-refractivity contribution in [2.24, 2.45) is 0 Å². The fourth-order valence-corrected chi connectivity index (χ4v) is 7.03. The molecule has 0 fully saturated rings. The second-order valence-corrected chi connectivity index (χ2v) is 13.4. The van der Waals surface area contributed by atoms with Gasteiger partial charge in [-0.3, -0.25) is 8.42 Å². The van der Waals surface area contributed by atoms with E-state index in [9.17, 15) is 26.3 Å². The van der Waals surface area contributed by atoms with Crippen LogP contribution in [0.2, 0.25) is 0 Å². The van der Waals surface area contributed by atoms with E-state index in [0.717, 1.165) is 53.1 Å². The third-order valence-corrected chi connectivity index (χ3v) is 10.1. The highest BCUT2D eigenvalue weighted by Gasteiger charge is 2.30. The molecule has 17 heteroatoms. The predicted molar refractivity (Wildman–Crippen MR) is 150 cm³/mol. The molecule has 0 aliphatic heterocycles. The van der Waals surface area contributed by atoms with Crippen LogP contribution in [0.1, 0.15) is 11.1 Å². The first-order chi connectivity index (χ1) is 18.8. The summed E-state index contributed by atoms with van der Waals surface area (Å²) in [6, 6.07) is 10.5. The van der Waals surface area contributed by atoms with Gasteiger partial charge >= 0.3 is 20.3 Å². The summed E-state index contributed by atoms with van der Waals surface area (Å²) in [6.45, 7) is 0. The Labute approximate surface area is 247 Å². The average molecular weight is 677 g/mol. The molecule has 0 saturated carbocycles. The van der Waals surface area contributed by atoms with Gasteiger partial charge in [0, 0.05) is 21.2 Å². The van der Waals surface area contributed by atoms with Gasteiger partial charge in [0.25, 0.3) is 0 Å². The molecule has 4 rings (SSSR count). The number of nitrogens with zero attached hydrogens (tertiary/aromatic N) is 2. The van der Waals surface area contributed by atoms with Crippen molar-refractivity contribution < 1.29 is 43.9 Å². The van der Waals surface area contributed by atoms with Crippen LogP contribution in [-0.4, -0.2) is 45.7 Å². The minimum atomic E-state index is -5.17. The van der Waals surface area contributed by atoms with Crippen LogP contribution in [0.25, 0.3) is 20.9 Å². The highest BCUT2D eigenvalue weighted by Crippen LogP contribution is 2.33. The first-order valence-electron chi connectivity index (χ1n) is 11.0. The van der Waals surface area contributed by atoms with E-state index in [1.54, 1.807) is 45.3 Å². The molecular weight excluding hydrogens is 655 g/mol. The second-order valence-electron chi connectivity index (χ2n) is 8.28. The number of hydrogen-bond acceptors (Lipinski definition) is 8. The lowest BCUT2D eigenvalue weighted by atomic mass is 10.1. The van der Waals surface area contributed by atoms with Gasteiger partial charge in [-0.25, -0.2) is 9.15 Å². The molecule has 2 heterocycles. The maximum absolute atomic E-state index is 12.4. The summed E-state index contributed by atoms with van der Waals surface area (Å²) >= 11 is 6.31. The Morgan fingerprint density at radius 2 is 0.878 bits per heavy atom. The number of benzene rings is 2. The van der Waals surface area contributed by atoms with Gasteiger partial charge in [0.2, 0.25) is 0 Å². The molecule has 0 atom stereocenters. The van der Waals surface area contributed by atoms with Gasteiger partial charge in [0.1, 0.15) is 28.2 Å². The number of alkyl halides is 6. The molecule has 6 nitrogen and oxygen atoms in total.